The van der Waals surface area contributed by atoms with Gasteiger partial charge in [-0.05, 0) is 77.3 Å². The van der Waals surface area contributed by atoms with Gasteiger partial charge in [0.15, 0.2) is 11.2 Å². The summed E-state index contributed by atoms with van der Waals surface area (Å²) in [6, 6.07) is 8.19. The van der Waals surface area contributed by atoms with Crippen molar-refractivity contribution in [2.75, 3.05) is 50.5 Å². The molecule has 4 aliphatic heterocycles. The second kappa shape index (κ2) is 24.2. The van der Waals surface area contributed by atoms with E-state index < -0.39 is 65.9 Å². The van der Waals surface area contributed by atoms with Crippen LogP contribution in [0.15, 0.2) is 47.4 Å². The minimum absolute atomic E-state index is 0.00394. The van der Waals surface area contributed by atoms with Gasteiger partial charge in [-0.25, -0.2) is 18.0 Å². The maximum absolute atomic E-state index is 15.1. The predicted molar refractivity (Wildman–Crippen MR) is 324 cm³/mol. The van der Waals surface area contributed by atoms with E-state index in [0.717, 1.165) is 33.3 Å². The van der Waals surface area contributed by atoms with Crippen molar-refractivity contribution in [2.45, 2.75) is 104 Å². The molecular formula is C55H61Cl4N8O16P3. The molecule has 1 fully saturated rings. The third-order valence-corrected chi connectivity index (χ3v) is 20.7. The second-order valence-electron chi connectivity index (χ2n) is 22.0. The number of aliphatic hydroxyl groups is 1. The number of nitrogens with two attached hydrogens (primary N) is 1. The number of nitrogen functional groups attached to an aromatic ring is 1. The first-order valence-electron chi connectivity index (χ1n) is 26.8. The van der Waals surface area contributed by atoms with Crippen LogP contribution in [0.1, 0.15) is 119 Å². The van der Waals surface area contributed by atoms with Crippen molar-refractivity contribution in [1.29, 1.82) is 0 Å². The molecule has 0 spiro atoms. The first-order chi connectivity index (χ1) is 40.1. The monoisotopic (exact) mass is 1320 g/mol. The van der Waals surface area contributed by atoms with E-state index in [0.29, 0.717) is 40.9 Å². The van der Waals surface area contributed by atoms with E-state index in [1.807, 2.05) is 12.1 Å². The van der Waals surface area contributed by atoms with Gasteiger partial charge in [0.25, 0.3) is 19.3 Å². The van der Waals surface area contributed by atoms with Crippen LogP contribution in [0.4, 0.5) is 11.6 Å². The Morgan fingerprint density at radius 2 is 1.65 bits per heavy atom. The van der Waals surface area contributed by atoms with Crippen LogP contribution in [-0.2, 0) is 36.4 Å². The molecule has 2 aromatic heterocycles. The third kappa shape index (κ3) is 12.9. The van der Waals surface area contributed by atoms with Gasteiger partial charge in [0, 0.05) is 97.8 Å². The Morgan fingerprint density at radius 3 is 2.33 bits per heavy atom. The van der Waals surface area contributed by atoms with Gasteiger partial charge in [-0.15, -0.1) is 0 Å². The van der Waals surface area contributed by atoms with Crippen LogP contribution in [0.3, 0.4) is 0 Å². The summed E-state index contributed by atoms with van der Waals surface area (Å²) in [6.07, 6.45) is 1.67. The number of fused-ring (bicyclic) bond motifs is 5. The number of benzene rings is 3. The van der Waals surface area contributed by atoms with Crippen molar-refractivity contribution in [3.63, 3.8) is 0 Å². The number of carbonyl (C=O) groups excluding carboxylic acids is 2. The number of phosphoric acid groups is 3. The number of aromatic nitrogens is 3. The molecule has 460 valence electrons. The minimum Gasteiger partial charge on any atom is -0.756 e. The number of carbonyl (C=O) groups is 2. The summed E-state index contributed by atoms with van der Waals surface area (Å²) in [4.78, 5) is 90.8. The van der Waals surface area contributed by atoms with E-state index in [1.54, 1.807) is 7.05 Å². The summed E-state index contributed by atoms with van der Waals surface area (Å²) < 4.78 is 63.2. The van der Waals surface area contributed by atoms with Crippen LogP contribution in [0.25, 0.3) is 27.8 Å². The Kier molecular flexibility index (Phi) is 18.3. The summed E-state index contributed by atoms with van der Waals surface area (Å²) in [6.45, 7) is 17.3. The molecule has 5 aromatic rings. The fourth-order valence-corrected chi connectivity index (χ4v) is 15.7. The molecule has 6 heterocycles. The van der Waals surface area contributed by atoms with Crippen molar-refractivity contribution in [1.82, 2.24) is 29.3 Å². The van der Waals surface area contributed by atoms with E-state index >= 15 is 4.79 Å². The van der Waals surface area contributed by atoms with Crippen LogP contribution < -0.4 is 46.3 Å². The Hall–Kier alpha value is -5.38. The number of phosphoric ester groups is 1. The molecule has 31 heteroatoms. The number of amides is 2. The summed E-state index contributed by atoms with van der Waals surface area (Å²) >= 11 is 28.3. The molecule has 4 aliphatic rings. The molecule has 0 saturated carbocycles. The first kappa shape index (κ1) is 65.1. The first-order valence-corrected chi connectivity index (χ1v) is 32.8. The number of hydrogen-bond donors (Lipinski definition) is 7. The van der Waals surface area contributed by atoms with Crippen LogP contribution in [-0.4, -0.2) is 114 Å². The van der Waals surface area contributed by atoms with Crippen molar-refractivity contribution < 1.29 is 70.6 Å². The highest BCUT2D eigenvalue weighted by Gasteiger charge is 2.43. The predicted octanol–water partition coefficient (Wildman–Crippen LogP) is 7.38. The molecule has 8 N–H and O–H groups in total. The maximum Gasteiger partial charge on any atom is 0.487 e. The largest absolute Gasteiger partial charge is 0.756 e. The lowest BCUT2D eigenvalue weighted by Gasteiger charge is -2.43. The standard InChI is InChI=1S/C55H61Cl4N8O16P3/c1-10-66-34-20-37-32(18-30(34)27(3)23-54(66,5)6)43(33-19-31-28(4)24-55(7,8)67(11-2)35(31)21-38(33)80-37)44-45(47(57)49(59)48(58)46(44)56)52(71)64(9)17-13-15-40(69)61-16-12-14-29-25-65(50-42(29)51(70)63-53(60)62-50)41-22-36(68)39(81-41)26-79-85(75,76)83-86(77,78)82-84(72,73)74/h18-21,23-25,36,39,41,68H,10-11,13,15-17,22,26H2,1-9H3,(H7-,60,61,62,63,69,70,72,73,74,75,76,77,78)/t36-,39+,41+/m0/s1. The normalized spacial score (nSPS) is 20.4. The topological polar surface area (TPSA) is 334 Å². The minimum atomic E-state index is -5.90. The highest BCUT2D eigenvalue weighted by atomic mass is 35.5. The lowest BCUT2D eigenvalue weighted by molar-refractivity contribution is -0.212. The molecular weight excluding hydrogens is 1260 g/mol. The van der Waals surface area contributed by atoms with Gasteiger partial charge in [0.2, 0.25) is 17.2 Å². The Bertz CT molecular complexity index is 4190. The van der Waals surface area contributed by atoms with Crippen LogP contribution >= 0.6 is 69.9 Å². The summed E-state index contributed by atoms with van der Waals surface area (Å²) in [5.74, 6) is 5.38. The summed E-state index contributed by atoms with van der Waals surface area (Å²) in [7, 11) is -15.8. The number of halogens is 4. The number of nitrogens with one attached hydrogen (secondary N) is 2. The van der Waals surface area contributed by atoms with Gasteiger partial charge in [-0.1, -0.05) is 64.3 Å². The molecule has 0 radical (unpaired) electrons. The fourth-order valence-electron chi connectivity index (χ4n) is 11.7. The second-order valence-corrected chi connectivity index (χ2v) is 27.9. The van der Waals surface area contributed by atoms with Gasteiger partial charge >= 0.3 is 15.6 Å². The zero-order chi connectivity index (χ0) is 63.1. The number of aromatic amines is 1. The number of aliphatic hydroxyl groups excluding tert-OH is 1. The number of likely N-dealkylation sites (N-methyl/N-ethyl adjacent to an activating group) is 2. The molecule has 3 aromatic carbocycles. The number of hydrogen-bond acceptors (Lipinski definition) is 16. The van der Waals surface area contributed by atoms with Crippen LogP contribution in [0.2, 0.25) is 20.1 Å². The Labute approximate surface area is 513 Å². The molecule has 86 heavy (non-hydrogen) atoms. The number of rotatable bonds is 17. The number of nitrogens with zero attached hydrogens (tertiary/aromatic N) is 5. The van der Waals surface area contributed by atoms with Gasteiger partial charge in [-0.2, -0.15) is 9.29 Å². The SMILES string of the molecule is CCN1c2cc3c(cc2C(C)=CC1(C)C)C(c1c(Cl)c(Cl)c(Cl)c(Cl)c1C(=O)N(C)CCCC(=O)NCC#Cc1cn([C@H]2C[C@H](O)[C@@H](COP(=O)(O)OP(=O)(O)OP(=O)([O-])O)O2)c2nc(N)[nH]c(=O)c12)=c1cc2c(cc1O3)=[N+](CC)C(C)(C)C=C2C. The average Bonchev–Trinajstić information content (AvgIpc) is 0.937. The van der Waals surface area contributed by atoms with Crippen LogP contribution in [0, 0.1) is 11.8 Å². The quantitative estimate of drug-likeness (QED) is 0.0154. The third-order valence-electron chi connectivity index (χ3n) is 15.2. The van der Waals surface area contributed by atoms with Crippen molar-refractivity contribution in [3.8, 4) is 23.3 Å². The number of allylic oxidation sites excluding steroid dienone is 2. The number of ether oxygens (including phenoxy) is 2. The van der Waals surface area contributed by atoms with E-state index in [-0.39, 0.29) is 97.2 Å². The highest BCUT2D eigenvalue weighted by Crippen LogP contribution is 2.65. The number of anilines is 2. The van der Waals surface area contributed by atoms with E-state index in [4.69, 9.17) is 66.5 Å². The smallest absolute Gasteiger partial charge is 0.487 e. The zero-order valence-electron chi connectivity index (χ0n) is 47.8. The molecule has 0 bridgehead atoms. The van der Waals surface area contributed by atoms with Gasteiger partial charge < -0.3 is 59.6 Å². The van der Waals surface area contributed by atoms with E-state index in [9.17, 15) is 43.1 Å². The van der Waals surface area contributed by atoms with E-state index in [1.165, 1.54) is 15.7 Å². The molecule has 2 amide bonds. The van der Waals surface area contributed by atoms with Gasteiger partial charge in [0.05, 0.1) is 67.5 Å². The maximum atomic E-state index is 15.1. The van der Waals surface area contributed by atoms with Crippen molar-refractivity contribution in [3.05, 3.63) is 117 Å². The van der Waals surface area contributed by atoms with Crippen molar-refractivity contribution in [2.24, 2.45) is 0 Å². The lowest BCUT2D eigenvalue weighted by atomic mass is 9.83. The molecule has 0 aliphatic carbocycles. The average molecular weight is 1320 g/mol. The zero-order valence-corrected chi connectivity index (χ0v) is 53.5. The van der Waals surface area contributed by atoms with Gasteiger partial charge in [0.1, 0.15) is 30.4 Å². The Morgan fingerprint density at radius 1 is 0.965 bits per heavy atom. The van der Waals surface area contributed by atoms with E-state index in [2.05, 4.69) is 129 Å². The summed E-state index contributed by atoms with van der Waals surface area (Å²) in [5, 5.41) is 14.7. The molecule has 1 saturated heterocycles. The van der Waals surface area contributed by atoms with Crippen LogP contribution in [0.5, 0.6) is 11.5 Å². The number of H-pyrrole nitrogens is 1. The summed E-state index contributed by atoms with van der Waals surface area (Å²) in [5.41, 5.74) is 11.0. The molecule has 6 atom stereocenters. The molecule has 24 nitrogen and oxygen atoms in total. The fraction of sp³-hybridized carbons (Fsp3) is 0.400. The Balaban J connectivity index is 0.951. The van der Waals surface area contributed by atoms with Crippen molar-refractivity contribution >= 4 is 121 Å². The molecule has 9 rings (SSSR count). The lowest BCUT2D eigenvalue weighted by Crippen LogP contribution is -2.49. The van der Waals surface area contributed by atoms with Gasteiger partial charge in [-0.3, -0.25) is 28.5 Å². The highest BCUT2D eigenvalue weighted by molar-refractivity contribution is 7.66. The molecule has 3 unspecified atom stereocenters.